The van der Waals surface area contributed by atoms with Gasteiger partial charge in [-0.25, -0.2) is 4.79 Å². The Labute approximate surface area is 145 Å². The molecule has 3 atom stereocenters. The second kappa shape index (κ2) is 7.99. The van der Waals surface area contributed by atoms with E-state index in [9.17, 15) is 4.79 Å². The molecule has 1 aromatic rings. The molecule has 5 nitrogen and oxygen atoms in total. The third-order valence-corrected chi connectivity index (χ3v) is 5.20. The van der Waals surface area contributed by atoms with Crippen LogP contribution in [0.5, 0.6) is 0 Å². The Hall–Kier alpha value is -1.59. The fourth-order valence-electron chi connectivity index (χ4n) is 3.65. The van der Waals surface area contributed by atoms with E-state index < -0.39 is 0 Å². The van der Waals surface area contributed by atoms with Gasteiger partial charge in [-0.05, 0) is 45.3 Å². The molecule has 24 heavy (non-hydrogen) atoms. The summed E-state index contributed by atoms with van der Waals surface area (Å²) in [6.07, 6.45) is 4.07. The van der Waals surface area contributed by atoms with Crippen LogP contribution in [0.3, 0.4) is 0 Å². The van der Waals surface area contributed by atoms with E-state index in [2.05, 4.69) is 36.4 Å². The lowest BCUT2D eigenvalue weighted by Gasteiger charge is -2.38. The van der Waals surface area contributed by atoms with Crippen molar-refractivity contribution in [1.82, 2.24) is 15.1 Å². The number of nitrogens with zero attached hydrogens (tertiary/aromatic N) is 2. The minimum Gasteiger partial charge on any atom is -0.373 e. The standard InChI is InChI=1S/C19H29N3O2/c1-21(2)17-9-6-11-22(14-17)19(23)20-16-10-12-24-18(13-16)15-7-4-3-5-8-15/h3-5,7-8,16-18H,6,9-14H2,1-2H3,(H,20,23)/t16-,17-,18-/m1/s1. The van der Waals surface area contributed by atoms with Gasteiger partial charge in [-0.1, -0.05) is 30.3 Å². The van der Waals surface area contributed by atoms with Crippen molar-refractivity contribution >= 4 is 6.03 Å². The van der Waals surface area contributed by atoms with E-state index in [0.717, 1.165) is 32.4 Å². The molecule has 2 heterocycles. The van der Waals surface area contributed by atoms with Crippen LogP contribution in [-0.2, 0) is 4.74 Å². The molecule has 2 fully saturated rings. The van der Waals surface area contributed by atoms with Crippen LogP contribution in [0, 0.1) is 0 Å². The van der Waals surface area contributed by atoms with Crippen LogP contribution in [0.2, 0.25) is 0 Å². The number of likely N-dealkylation sites (tertiary alicyclic amines) is 1. The van der Waals surface area contributed by atoms with E-state index in [1.807, 2.05) is 23.1 Å². The first-order valence-corrected chi connectivity index (χ1v) is 9.02. The first-order valence-electron chi connectivity index (χ1n) is 9.02. The van der Waals surface area contributed by atoms with Crippen molar-refractivity contribution in [2.24, 2.45) is 0 Å². The van der Waals surface area contributed by atoms with Crippen molar-refractivity contribution in [2.45, 2.75) is 43.9 Å². The highest BCUT2D eigenvalue weighted by Crippen LogP contribution is 2.28. The zero-order valence-electron chi connectivity index (χ0n) is 14.8. The molecule has 0 bridgehead atoms. The lowest BCUT2D eigenvalue weighted by atomic mass is 9.97. The van der Waals surface area contributed by atoms with Crippen LogP contribution < -0.4 is 5.32 Å². The number of carbonyl (C=O) groups is 1. The van der Waals surface area contributed by atoms with Crippen molar-refractivity contribution in [3.05, 3.63) is 35.9 Å². The van der Waals surface area contributed by atoms with Crippen molar-refractivity contribution in [3.8, 4) is 0 Å². The Balaban J connectivity index is 1.54. The lowest BCUT2D eigenvalue weighted by Crippen LogP contribution is -2.53. The molecule has 0 aromatic heterocycles. The molecule has 1 N–H and O–H groups in total. The number of likely N-dealkylation sites (N-methyl/N-ethyl adjacent to an activating group) is 1. The predicted octanol–water partition coefficient (Wildman–Crippen LogP) is 2.64. The Morgan fingerprint density at radius 2 is 2.04 bits per heavy atom. The number of carbonyl (C=O) groups excluding carboxylic acids is 1. The summed E-state index contributed by atoms with van der Waals surface area (Å²) in [5.74, 6) is 0. The summed E-state index contributed by atoms with van der Waals surface area (Å²) in [6.45, 7) is 2.39. The fourth-order valence-corrected chi connectivity index (χ4v) is 3.65. The second-order valence-corrected chi connectivity index (χ2v) is 7.15. The van der Waals surface area contributed by atoms with Gasteiger partial charge in [0.05, 0.1) is 6.10 Å². The third kappa shape index (κ3) is 4.28. The van der Waals surface area contributed by atoms with Gasteiger partial charge in [0.25, 0.3) is 0 Å². The van der Waals surface area contributed by atoms with Crippen LogP contribution in [0.4, 0.5) is 4.79 Å². The first kappa shape index (κ1) is 17.2. The van der Waals surface area contributed by atoms with Crippen molar-refractivity contribution in [3.63, 3.8) is 0 Å². The summed E-state index contributed by atoms with van der Waals surface area (Å²) in [7, 11) is 4.18. The minimum atomic E-state index is 0.0836. The Kier molecular flexibility index (Phi) is 5.74. The van der Waals surface area contributed by atoms with E-state index >= 15 is 0 Å². The smallest absolute Gasteiger partial charge is 0.317 e. The summed E-state index contributed by atoms with van der Waals surface area (Å²) in [4.78, 5) is 16.8. The molecule has 3 rings (SSSR count). The molecular formula is C19H29N3O2. The molecular weight excluding hydrogens is 302 g/mol. The van der Waals surface area contributed by atoms with Gasteiger partial charge in [0.2, 0.25) is 0 Å². The van der Waals surface area contributed by atoms with Crippen molar-refractivity contribution in [2.75, 3.05) is 33.8 Å². The summed E-state index contributed by atoms with van der Waals surface area (Å²) in [5.41, 5.74) is 1.20. The normalized spacial score (nSPS) is 28.0. The summed E-state index contributed by atoms with van der Waals surface area (Å²) >= 11 is 0. The molecule has 0 saturated carbocycles. The molecule has 132 valence electrons. The molecule has 0 unspecified atom stereocenters. The number of ether oxygens (including phenoxy) is 1. The molecule has 5 heteroatoms. The molecule has 1 aromatic carbocycles. The monoisotopic (exact) mass is 331 g/mol. The number of rotatable bonds is 3. The van der Waals surface area contributed by atoms with E-state index in [1.165, 1.54) is 12.0 Å². The van der Waals surface area contributed by atoms with Crippen LogP contribution in [0.25, 0.3) is 0 Å². The van der Waals surface area contributed by atoms with E-state index in [0.29, 0.717) is 12.6 Å². The summed E-state index contributed by atoms with van der Waals surface area (Å²) in [6, 6.07) is 11.0. The van der Waals surface area contributed by atoms with Crippen LogP contribution >= 0.6 is 0 Å². The van der Waals surface area contributed by atoms with Gasteiger partial charge >= 0.3 is 6.03 Å². The topological polar surface area (TPSA) is 44.8 Å². The quantitative estimate of drug-likeness (QED) is 0.926. The number of piperidine rings is 1. The highest BCUT2D eigenvalue weighted by Gasteiger charge is 2.29. The molecule has 0 aliphatic carbocycles. The molecule has 2 saturated heterocycles. The molecule has 0 radical (unpaired) electrons. The number of nitrogens with one attached hydrogen (secondary N) is 1. The van der Waals surface area contributed by atoms with Gasteiger partial charge in [-0.3, -0.25) is 0 Å². The Bertz CT molecular complexity index is 535. The SMILES string of the molecule is CN(C)[C@@H]1CCCN(C(=O)N[C@@H]2CCO[C@@H](c3ccccc3)C2)C1. The number of benzene rings is 1. The third-order valence-electron chi connectivity index (χ3n) is 5.20. The average molecular weight is 331 g/mol. The van der Waals surface area contributed by atoms with Crippen LogP contribution in [0.15, 0.2) is 30.3 Å². The van der Waals surface area contributed by atoms with Crippen LogP contribution in [0.1, 0.15) is 37.4 Å². The van der Waals surface area contributed by atoms with Gasteiger partial charge in [0.1, 0.15) is 0 Å². The van der Waals surface area contributed by atoms with E-state index in [-0.39, 0.29) is 18.2 Å². The highest BCUT2D eigenvalue weighted by atomic mass is 16.5. The Morgan fingerprint density at radius 1 is 1.25 bits per heavy atom. The number of hydrogen-bond donors (Lipinski definition) is 1. The molecule has 2 amide bonds. The molecule has 0 spiro atoms. The van der Waals surface area contributed by atoms with Crippen molar-refractivity contribution < 1.29 is 9.53 Å². The van der Waals surface area contributed by atoms with Gasteiger partial charge in [-0.2, -0.15) is 0 Å². The van der Waals surface area contributed by atoms with E-state index in [1.54, 1.807) is 0 Å². The van der Waals surface area contributed by atoms with E-state index in [4.69, 9.17) is 4.74 Å². The average Bonchev–Trinajstić information content (AvgIpc) is 2.63. The highest BCUT2D eigenvalue weighted by molar-refractivity contribution is 5.74. The number of amides is 2. The van der Waals surface area contributed by atoms with Gasteiger partial charge < -0.3 is 19.9 Å². The van der Waals surface area contributed by atoms with Gasteiger partial charge in [0.15, 0.2) is 0 Å². The maximum atomic E-state index is 12.6. The largest absolute Gasteiger partial charge is 0.373 e. The summed E-state index contributed by atoms with van der Waals surface area (Å²) in [5, 5.41) is 3.24. The fraction of sp³-hybridized carbons (Fsp3) is 0.632. The predicted molar refractivity (Wildman–Crippen MR) is 95.0 cm³/mol. The van der Waals surface area contributed by atoms with Crippen LogP contribution in [-0.4, -0.2) is 61.7 Å². The number of urea groups is 1. The maximum Gasteiger partial charge on any atom is 0.317 e. The molecule has 2 aliphatic rings. The minimum absolute atomic E-state index is 0.0836. The van der Waals surface area contributed by atoms with Gasteiger partial charge in [0, 0.05) is 31.8 Å². The lowest BCUT2D eigenvalue weighted by molar-refractivity contribution is 0.00112. The summed E-state index contributed by atoms with van der Waals surface area (Å²) < 4.78 is 5.90. The maximum absolute atomic E-state index is 12.6. The zero-order valence-corrected chi connectivity index (χ0v) is 14.8. The van der Waals surface area contributed by atoms with Crippen molar-refractivity contribution in [1.29, 1.82) is 0 Å². The molecule has 2 aliphatic heterocycles. The number of hydrogen-bond acceptors (Lipinski definition) is 3. The Morgan fingerprint density at radius 3 is 2.79 bits per heavy atom. The van der Waals surface area contributed by atoms with Gasteiger partial charge in [-0.15, -0.1) is 0 Å². The first-order chi connectivity index (χ1) is 11.6. The zero-order chi connectivity index (χ0) is 16.9. The second-order valence-electron chi connectivity index (χ2n) is 7.15.